The lowest BCUT2D eigenvalue weighted by molar-refractivity contribution is -0.152. The molecule has 1 amide bonds. The number of carbonyl (C=O) groups excluding carboxylic acids is 1. The maximum atomic E-state index is 13.8. The summed E-state index contributed by atoms with van der Waals surface area (Å²) in [6.45, 7) is 3.69. The van der Waals surface area contributed by atoms with E-state index in [9.17, 15) is 19.8 Å². The fourth-order valence-corrected chi connectivity index (χ4v) is 8.54. The molecule has 4 saturated carbocycles. The van der Waals surface area contributed by atoms with Crippen LogP contribution in [-0.4, -0.2) is 69.5 Å². The first-order valence-electron chi connectivity index (χ1n) is 13.4. The molecule has 35 heavy (non-hydrogen) atoms. The lowest BCUT2D eigenvalue weighted by atomic mass is 9.52. The summed E-state index contributed by atoms with van der Waals surface area (Å²) in [7, 11) is 1.95. The van der Waals surface area contributed by atoms with E-state index in [1.807, 2.05) is 24.1 Å². The van der Waals surface area contributed by atoms with E-state index in [0.29, 0.717) is 29.9 Å². The maximum Gasteiger partial charge on any atom is 0.303 e. The van der Waals surface area contributed by atoms with Gasteiger partial charge in [-0.3, -0.25) is 9.59 Å². The molecule has 2 N–H and O–H groups in total. The lowest BCUT2D eigenvalue weighted by Crippen LogP contribution is -2.61. The van der Waals surface area contributed by atoms with Crippen molar-refractivity contribution >= 4 is 29.5 Å². The Hall–Kier alpha value is -1.80. The van der Waals surface area contributed by atoms with Gasteiger partial charge in [-0.2, -0.15) is 0 Å². The molecule has 6 rings (SSSR count). The highest BCUT2D eigenvalue weighted by molar-refractivity contribution is 7.99. The highest BCUT2D eigenvalue weighted by Gasteiger charge is 2.56. The van der Waals surface area contributed by atoms with Crippen LogP contribution in [0, 0.1) is 23.7 Å². The number of carbonyl (C=O) groups is 2. The normalized spacial score (nSPS) is 33.7. The molecule has 2 heterocycles. The van der Waals surface area contributed by atoms with Crippen LogP contribution in [0.1, 0.15) is 75.1 Å². The van der Waals surface area contributed by atoms with Crippen LogP contribution in [0.25, 0.3) is 0 Å². The molecular weight excluding hydrogens is 462 g/mol. The Morgan fingerprint density at radius 1 is 1.23 bits per heavy atom. The number of hydrogen-bond donors (Lipinski definition) is 2. The third-order valence-corrected chi connectivity index (χ3v) is 9.98. The van der Waals surface area contributed by atoms with Crippen LogP contribution in [0.15, 0.2) is 17.2 Å². The van der Waals surface area contributed by atoms with Gasteiger partial charge in [0.2, 0.25) is 0 Å². The van der Waals surface area contributed by atoms with E-state index in [0.717, 1.165) is 74.5 Å². The van der Waals surface area contributed by atoms with Crippen LogP contribution in [0.4, 0.5) is 5.82 Å². The molecule has 7 nitrogen and oxygen atoms in total. The predicted molar refractivity (Wildman–Crippen MR) is 137 cm³/mol. The van der Waals surface area contributed by atoms with E-state index in [-0.39, 0.29) is 24.3 Å². The molecule has 1 aromatic heterocycles. The van der Waals surface area contributed by atoms with E-state index in [1.54, 1.807) is 11.8 Å². The van der Waals surface area contributed by atoms with Crippen LogP contribution in [0.5, 0.6) is 0 Å². The summed E-state index contributed by atoms with van der Waals surface area (Å²) in [5, 5.41) is 21.0. The Morgan fingerprint density at radius 2 is 1.97 bits per heavy atom. The Morgan fingerprint density at radius 3 is 2.63 bits per heavy atom. The second-order valence-electron chi connectivity index (χ2n) is 11.5. The van der Waals surface area contributed by atoms with E-state index in [4.69, 9.17) is 4.98 Å². The van der Waals surface area contributed by atoms with Gasteiger partial charge in [0, 0.05) is 32.6 Å². The standard InChI is InChI=1S/C27H39N3O4S/c1-3-9-35-25-21(6-7-22(28-25)30-8-4-5-17(16-30)12-23(31)32)26(33)29(2)24-19-10-18-11-20(24)15-27(34,13-18)14-19/h6-7,17-20,24,34H,3-5,8-16H2,1-2H3,(H,31,32)/t17-,18?,19?,20?,24?,27?/m0/s1. The molecule has 4 bridgehead atoms. The molecule has 0 radical (unpaired) electrons. The van der Waals surface area contributed by atoms with Gasteiger partial charge < -0.3 is 20.0 Å². The molecule has 0 spiro atoms. The number of hydrogen-bond acceptors (Lipinski definition) is 6. The second-order valence-corrected chi connectivity index (χ2v) is 12.6. The number of rotatable bonds is 8. The summed E-state index contributed by atoms with van der Waals surface area (Å²) < 4.78 is 0. The van der Waals surface area contributed by atoms with Crippen LogP contribution in [0.3, 0.4) is 0 Å². The maximum absolute atomic E-state index is 13.8. The zero-order chi connectivity index (χ0) is 24.7. The van der Waals surface area contributed by atoms with Gasteiger partial charge in [0.05, 0.1) is 11.2 Å². The van der Waals surface area contributed by atoms with Gasteiger partial charge in [0.1, 0.15) is 10.8 Å². The van der Waals surface area contributed by atoms with Crippen molar-refractivity contribution in [2.24, 2.45) is 23.7 Å². The molecule has 3 atom stereocenters. The van der Waals surface area contributed by atoms with Crippen molar-refractivity contribution in [3.63, 3.8) is 0 Å². The van der Waals surface area contributed by atoms with Crippen LogP contribution in [0.2, 0.25) is 0 Å². The minimum atomic E-state index is -0.745. The fraction of sp³-hybridized carbons (Fsp3) is 0.741. The summed E-state index contributed by atoms with van der Waals surface area (Å²) in [4.78, 5) is 34.1. The van der Waals surface area contributed by atoms with Crippen molar-refractivity contribution in [3.05, 3.63) is 17.7 Å². The summed E-state index contributed by atoms with van der Waals surface area (Å²) in [5.41, 5.74) is 0.163. The number of anilines is 1. The van der Waals surface area contributed by atoms with Crippen molar-refractivity contribution in [2.75, 3.05) is 30.8 Å². The molecule has 1 aliphatic heterocycles. The average molecular weight is 502 g/mol. The lowest BCUT2D eigenvalue weighted by Gasteiger charge is -2.59. The van der Waals surface area contributed by atoms with Gasteiger partial charge in [-0.25, -0.2) is 4.98 Å². The third-order valence-electron chi connectivity index (χ3n) is 8.78. The number of thioether (sulfide) groups is 1. The Kier molecular flexibility index (Phi) is 7.05. The first kappa shape index (κ1) is 24.9. The van der Waals surface area contributed by atoms with Gasteiger partial charge >= 0.3 is 5.97 Å². The molecule has 2 unspecified atom stereocenters. The zero-order valence-corrected chi connectivity index (χ0v) is 21.8. The summed E-state index contributed by atoms with van der Waals surface area (Å²) in [5.74, 6) is 2.55. The fourth-order valence-electron chi connectivity index (χ4n) is 7.68. The van der Waals surface area contributed by atoms with Crippen LogP contribution < -0.4 is 4.90 Å². The number of carboxylic acid groups (broad SMARTS) is 1. The van der Waals surface area contributed by atoms with Crippen LogP contribution >= 0.6 is 11.8 Å². The average Bonchev–Trinajstić information content (AvgIpc) is 2.80. The molecule has 0 aromatic carbocycles. The molecule has 5 aliphatic rings. The van der Waals surface area contributed by atoms with Crippen molar-refractivity contribution in [1.29, 1.82) is 0 Å². The summed E-state index contributed by atoms with van der Waals surface area (Å²) in [6.07, 6.45) is 7.92. The minimum absolute atomic E-state index is 0.0366. The highest BCUT2D eigenvalue weighted by Crippen LogP contribution is 2.57. The Bertz CT molecular complexity index is 956. The third kappa shape index (κ3) is 5.06. The van der Waals surface area contributed by atoms with Gasteiger partial charge in [-0.15, -0.1) is 11.8 Å². The van der Waals surface area contributed by atoms with Crippen molar-refractivity contribution in [1.82, 2.24) is 9.88 Å². The SMILES string of the molecule is CCCSc1nc(N2CCC[C@@H](CC(=O)O)C2)ccc1C(=O)N(C)C1C2CC3CC1CC(O)(C3)C2. The highest BCUT2D eigenvalue weighted by atomic mass is 32.2. The molecule has 5 fully saturated rings. The van der Waals surface area contributed by atoms with E-state index >= 15 is 0 Å². The van der Waals surface area contributed by atoms with E-state index in [2.05, 4.69) is 11.8 Å². The molecule has 1 saturated heterocycles. The first-order valence-corrected chi connectivity index (χ1v) is 14.3. The topological polar surface area (TPSA) is 94.0 Å². The molecule has 4 aliphatic carbocycles. The summed E-state index contributed by atoms with van der Waals surface area (Å²) in [6, 6.07) is 4.07. The van der Waals surface area contributed by atoms with E-state index in [1.165, 1.54) is 0 Å². The molecular formula is C27H39N3O4S. The second kappa shape index (κ2) is 9.92. The van der Waals surface area contributed by atoms with Gasteiger partial charge in [0.25, 0.3) is 5.91 Å². The number of pyridine rings is 1. The number of carboxylic acids is 1. The largest absolute Gasteiger partial charge is 0.481 e. The zero-order valence-electron chi connectivity index (χ0n) is 21.0. The van der Waals surface area contributed by atoms with Crippen molar-refractivity contribution in [2.45, 2.75) is 81.4 Å². The van der Waals surface area contributed by atoms with Gasteiger partial charge in [-0.05, 0) is 92.9 Å². The molecule has 8 heteroatoms. The number of aliphatic carboxylic acids is 1. The smallest absolute Gasteiger partial charge is 0.303 e. The van der Waals surface area contributed by atoms with Crippen molar-refractivity contribution in [3.8, 4) is 0 Å². The molecule has 1 aromatic rings. The number of piperidine rings is 1. The number of nitrogens with zero attached hydrogens (tertiary/aromatic N) is 3. The first-order chi connectivity index (χ1) is 16.8. The minimum Gasteiger partial charge on any atom is -0.481 e. The monoisotopic (exact) mass is 501 g/mol. The summed E-state index contributed by atoms with van der Waals surface area (Å²) >= 11 is 1.64. The number of aromatic nitrogens is 1. The van der Waals surface area contributed by atoms with Gasteiger partial charge in [-0.1, -0.05) is 6.92 Å². The number of amides is 1. The molecule has 192 valence electrons. The Balaban J connectivity index is 1.36. The van der Waals surface area contributed by atoms with Crippen molar-refractivity contribution < 1.29 is 19.8 Å². The predicted octanol–water partition coefficient (Wildman–Crippen LogP) is 4.29. The van der Waals surface area contributed by atoms with Gasteiger partial charge in [0.15, 0.2) is 0 Å². The quantitative estimate of drug-likeness (QED) is 0.513. The Labute approximate surface area is 212 Å². The number of aliphatic hydroxyl groups is 1. The van der Waals surface area contributed by atoms with E-state index < -0.39 is 11.6 Å². The van der Waals surface area contributed by atoms with Crippen LogP contribution in [-0.2, 0) is 4.79 Å².